The van der Waals surface area contributed by atoms with E-state index in [0.29, 0.717) is 5.52 Å². The Morgan fingerprint density at radius 3 is 2.39 bits per heavy atom. The van der Waals surface area contributed by atoms with Gasteiger partial charge in [-0.15, -0.1) is 0 Å². The molecule has 0 fully saturated rings. The first kappa shape index (κ1) is 16.0. The highest BCUT2D eigenvalue weighted by Gasteiger charge is 1.97. The first-order valence-corrected chi connectivity index (χ1v) is 6.83. The van der Waals surface area contributed by atoms with Gasteiger partial charge in [-0.3, -0.25) is 4.79 Å². The highest BCUT2D eigenvalue weighted by atomic mass is 16.4. The molecule has 0 amide bonds. The molecule has 116 valence electrons. The molecule has 1 aromatic heterocycles. The number of carboxylic acid groups (broad SMARTS) is 1. The topological polar surface area (TPSA) is 90.4 Å². The number of pyridine rings is 1. The van der Waals surface area contributed by atoms with Crippen LogP contribution in [-0.4, -0.2) is 21.2 Å². The Morgan fingerprint density at radius 1 is 0.957 bits per heavy atom. The molecule has 0 aliphatic heterocycles. The molecular formula is C18H15NO4. The molecule has 0 atom stereocenters. The lowest BCUT2D eigenvalue weighted by Crippen LogP contribution is -2.01. The van der Waals surface area contributed by atoms with E-state index in [0.717, 1.165) is 17.0 Å². The molecule has 3 N–H and O–H groups in total. The number of aliphatic carboxylic acids is 1. The molecule has 0 aliphatic carbocycles. The van der Waals surface area contributed by atoms with Gasteiger partial charge in [0.05, 0.1) is 5.52 Å². The summed E-state index contributed by atoms with van der Waals surface area (Å²) < 4.78 is 0. The van der Waals surface area contributed by atoms with Crippen molar-refractivity contribution < 1.29 is 15.0 Å². The predicted octanol–water partition coefficient (Wildman–Crippen LogP) is 3.02. The molecule has 0 saturated carbocycles. The van der Waals surface area contributed by atoms with Crippen molar-refractivity contribution in [2.75, 3.05) is 0 Å². The molecule has 0 bridgehead atoms. The third-order valence-corrected chi connectivity index (χ3v) is 2.96. The molecule has 3 rings (SSSR count). The molecule has 0 aliphatic rings. The zero-order valence-electron chi connectivity index (χ0n) is 12.1. The number of carbonyl (C=O) groups is 1. The van der Waals surface area contributed by atoms with E-state index >= 15 is 0 Å². The normalized spacial score (nSPS) is 10.3. The maximum absolute atomic E-state index is 10.9. The van der Waals surface area contributed by atoms with Crippen LogP contribution in [0.4, 0.5) is 0 Å². The Hall–Kier alpha value is -3.34. The van der Waals surface area contributed by atoms with E-state index in [1.807, 2.05) is 36.4 Å². The number of nitrogens with one attached hydrogen (secondary N) is 1. The zero-order valence-corrected chi connectivity index (χ0v) is 12.1. The average Bonchev–Trinajstić information content (AvgIpc) is 2.55. The van der Waals surface area contributed by atoms with Crippen molar-refractivity contribution in [1.82, 2.24) is 4.98 Å². The minimum atomic E-state index is -0.922. The summed E-state index contributed by atoms with van der Waals surface area (Å²) in [6.07, 6.45) is 2.68. The quantitative estimate of drug-likeness (QED) is 0.635. The van der Waals surface area contributed by atoms with Crippen LogP contribution in [0.1, 0.15) is 5.56 Å². The fourth-order valence-electron chi connectivity index (χ4n) is 1.89. The largest absolute Gasteiger partial charge is 0.506 e. The summed E-state index contributed by atoms with van der Waals surface area (Å²) in [5.41, 5.74) is 1.18. The van der Waals surface area contributed by atoms with E-state index in [-0.39, 0.29) is 11.3 Å². The van der Waals surface area contributed by atoms with Crippen molar-refractivity contribution in [2.45, 2.75) is 0 Å². The van der Waals surface area contributed by atoms with Crippen molar-refractivity contribution in [3.8, 4) is 5.75 Å². The molecule has 0 unspecified atom stereocenters. The molecular weight excluding hydrogens is 294 g/mol. The predicted molar refractivity (Wildman–Crippen MR) is 89.3 cm³/mol. The third-order valence-electron chi connectivity index (χ3n) is 2.96. The van der Waals surface area contributed by atoms with E-state index in [9.17, 15) is 14.7 Å². The van der Waals surface area contributed by atoms with E-state index in [1.165, 1.54) is 12.1 Å². The number of fused-ring (bicyclic) bond motifs is 1. The standard InChI is InChI=1S/C9H7NO2.C9H8O2/c11-7-3-1-2-6-4-5-8(12)10-9(6)7;10-9(11)7-6-8-4-2-1-3-5-8/h1-5,11H,(H,10,12);1-7H,(H,10,11). The fourth-order valence-corrected chi connectivity index (χ4v) is 1.89. The summed E-state index contributed by atoms with van der Waals surface area (Å²) in [6, 6.07) is 17.5. The SMILES string of the molecule is O=C(O)C=Cc1ccccc1.O=c1ccc2cccc(O)c2[nH]1. The second-order valence-electron chi connectivity index (χ2n) is 4.65. The summed E-state index contributed by atoms with van der Waals surface area (Å²) in [7, 11) is 0. The molecule has 3 aromatic rings. The van der Waals surface area contributed by atoms with Gasteiger partial charge in [0.1, 0.15) is 5.75 Å². The number of aromatic amines is 1. The van der Waals surface area contributed by atoms with Gasteiger partial charge in [-0.2, -0.15) is 0 Å². The smallest absolute Gasteiger partial charge is 0.328 e. The summed E-state index contributed by atoms with van der Waals surface area (Å²) >= 11 is 0. The molecule has 2 aromatic carbocycles. The number of phenolic OH excluding ortho intramolecular Hbond substituents is 1. The number of hydrogen-bond acceptors (Lipinski definition) is 3. The van der Waals surface area contributed by atoms with E-state index in [4.69, 9.17) is 5.11 Å². The van der Waals surface area contributed by atoms with Crippen LogP contribution in [0, 0.1) is 0 Å². The van der Waals surface area contributed by atoms with Crippen LogP contribution in [0.5, 0.6) is 5.75 Å². The monoisotopic (exact) mass is 309 g/mol. The number of H-pyrrole nitrogens is 1. The molecule has 0 spiro atoms. The first-order chi connectivity index (χ1) is 11.1. The van der Waals surface area contributed by atoms with E-state index in [1.54, 1.807) is 18.2 Å². The van der Waals surface area contributed by atoms with Crippen molar-refractivity contribution in [2.24, 2.45) is 0 Å². The summed E-state index contributed by atoms with van der Waals surface area (Å²) in [6.45, 7) is 0. The van der Waals surface area contributed by atoms with Crippen LogP contribution >= 0.6 is 0 Å². The Morgan fingerprint density at radius 2 is 1.70 bits per heavy atom. The lowest BCUT2D eigenvalue weighted by atomic mass is 10.2. The van der Waals surface area contributed by atoms with Gasteiger partial charge in [0, 0.05) is 17.5 Å². The van der Waals surface area contributed by atoms with Crippen LogP contribution in [0.25, 0.3) is 17.0 Å². The van der Waals surface area contributed by atoms with Crippen LogP contribution < -0.4 is 5.56 Å². The van der Waals surface area contributed by atoms with Gasteiger partial charge in [0.15, 0.2) is 0 Å². The lowest BCUT2D eigenvalue weighted by molar-refractivity contribution is -0.131. The Bertz CT molecular complexity index is 882. The van der Waals surface area contributed by atoms with Crippen LogP contribution in [0.3, 0.4) is 0 Å². The highest BCUT2D eigenvalue weighted by molar-refractivity contribution is 5.85. The third kappa shape index (κ3) is 4.86. The molecule has 0 saturated heterocycles. The van der Waals surface area contributed by atoms with E-state index in [2.05, 4.69) is 4.98 Å². The van der Waals surface area contributed by atoms with Gasteiger partial charge in [-0.25, -0.2) is 4.79 Å². The zero-order chi connectivity index (χ0) is 16.7. The van der Waals surface area contributed by atoms with Crippen molar-refractivity contribution in [3.05, 3.63) is 82.7 Å². The van der Waals surface area contributed by atoms with Gasteiger partial charge in [0.2, 0.25) is 5.56 Å². The molecule has 0 radical (unpaired) electrons. The maximum Gasteiger partial charge on any atom is 0.328 e. The second kappa shape index (κ2) is 7.61. The lowest BCUT2D eigenvalue weighted by Gasteiger charge is -1.97. The Labute approximate surface area is 132 Å². The van der Waals surface area contributed by atoms with Crippen molar-refractivity contribution >= 4 is 22.9 Å². The molecule has 1 heterocycles. The van der Waals surface area contributed by atoms with Crippen LogP contribution in [-0.2, 0) is 4.79 Å². The Balaban J connectivity index is 0.000000168. The van der Waals surface area contributed by atoms with Gasteiger partial charge in [0.25, 0.3) is 0 Å². The van der Waals surface area contributed by atoms with Gasteiger partial charge >= 0.3 is 5.97 Å². The van der Waals surface area contributed by atoms with Gasteiger partial charge in [-0.05, 0) is 23.8 Å². The summed E-state index contributed by atoms with van der Waals surface area (Å²) in [5.74, 6) is -0.820. The number of aromatic hydroxyl groups is 1. The van der Waals surface area contributed by atoms with Crippen LogP contribution in [0.15, 0.2) is 71.5 Å². The minimum Gasteiger partial charge on any atom is -0.506 e. The fraction of sp³-hybridized carbons (Fsp3) is 0. The van der Waals surface area contributed by atoms with Crippen LogP contribution in [0.2, 0.25) is 0 Å². The summed E-state index contributed by atoms with van der Waals surface area (Å²) in [5, 5.41) is 18.4. The molecule has 5 nitrogen and oxygen atoms in total. The number of rotatable bonds is 2. The molecule has 23 heavy (non-hydrogen) atoms. The van der Waals surface area contributed by atoms with E-state index < -0.39 is 5.97 Å². The number of para-hydroxylation sites is 1. The second-order valence-corrected chi connectivity index (χ2v) is 4.65. The van der Waals surface area contributed by atoms with Crippen molar-refractivity contribution in [1.29, 1.82) is 0 Å². The highest BCUT2D eigenvalue weighted by Crippen LogP contribution is 2.19. The number of phenols is 1. The average molecular weight is 309 g/mol. The Kier molecular flexibility index (Phi) is 5.30. The van der Waals surface area contributed by atoms with Gasteiger partial charge < -0.3 is 15.2 Å². The maximum atomic E-state index is 10.9. The van der Waals surface area contributed by atoms with Crippen molar-refractivity contribution in [3.63, 3.8) is 0 Å². The summed E-state index contributed by atoms with van der Waals surface area (Å²) in [4.78, 5) is 23.5. The molecule has 5 heteroatoms. The number of benzene rings is 2. The van der Waals surface area contributed by atoms with Gasteiger partial charge in [-0.1, -0.05) is 42.5 Å². The first-order valence-electron chi connectivity index (χ1n) is 6.83. The number of aromatic nitrogens is 1. The number of hydrogen-bond donors (Lipinski definition) is 3. The minimum absolute atomic E-state index is 0.102. The number of carboxylic acids is 1.